The summed E-state index contributed by atoms with van der Waals surface area (Å²) in [5.41, 5.74) is -0.150. The van der Waals surface area contributed by atoms with Crippen molar-refractivity contribution in [1.82, 2.24) is 5.32 Å². The average molecular weight is 234 g/mol. The third-order valence-electron chi connectivity index (χ3n) is 1.81. The summed E-state index contributed by atoms with van der Waals surface area (Å²) < 4.78 is 26.0. The van der Waals surface area contributed by atoms with Crippen LogP contribution >= 0.6 is 11.6 Å². The maximum absolute atomic E-state index is 13.2. The summed E-state index contributed by atoms with van der Waals surface area (Å²) in [6, 6.07) is 2.84. The van der Waals surface area contributed by atoms with Crippen molar-refractivity contribution in [2.45, 2.75) is 12.3 Å². The van der Waals surface area contributed by atoms with Crippen LogP contribution in [0.4, 0.5) is 8.78 Å². The molecule has 0 bridgehead atoms. The van der Waals surface area contributed by atoms with Gasteiger partial charge in [0, 0.05) is 12.1 Å². The summed E-state index contributed by atoms with van der Waals surface area (Å²) >= 11 is 5.69. The van der Waals surface area contributed by atoms with Crippen molar-refractivity contribution in [2.75, 3.05) is 6.54 Å². The summed E-state index contributed by atoms with van der Waals surface area (Å²) in [6.45, 7) is 2.10. The van der Waals surface area contributed by atoms with Crippen LogP contribution in [0.1, 0.15) is 17.9 Å². The first-order valence-electron chi connectivity index (χ1n) is 4.43. The molecule has 2 nitrogen and oxygen atoms in total. The first-order valence-corrected chi connectivity index (χ1v) is 4.86. The van der Waals surface area contributed by atoms with Crippen molar-refractivity contribution in [3.63, 3.8) is 0 Å². The third kappa shape index (κ3) is 2.89. The Morgan fingerprint density at radius 3 is 2.80 bits per heavy atom. The van der Waals surface area contributed by atoms with Crippen LogP contribution in [0.2, 0.25) is 0 Å². The second-order valence-electron chi connectivity index (χ2n) is 2.92. The van der Waals surface area contributed by atoms with Crippen molar-refractivity contribution < 1.29 is 13.6 Å². The van der Waals surface area contributed by atoms with E-state index in [9.17, 15) is 13.6 Å². The highest BCUT2D eigenvalue weighted by atomic mass is 35.5. The largest absolute Gasteiger partial charge is 0.355 e. The molecule has 1 N–H and O–H groups in total. The summed E-state index contributed by atoms with van der Waals surface area (Å²) in [5.74, 6) is -1.85. The van der Waals surface area contributed by atoms with Gasteiger partial charge in [0.2, 0.25) is 5.91 Å². The van der Waals surface area contributed by atoms with E-state index in [-0.39, 0.29) is 5.56 Å². The van der Waals surface area contributed by atoms with Crippen LogP contribution in [0.15, 0.2) is 18.2 Å². The van der Waals surface area contributed by atoms with E-state index >= 15 is 0 Å². The van der Waals surface area contributed by atoms with Gasteiger partial charge < -0.3 is 5.32 Å². The minimum atomic E-state index is -1.21. The zero-order chi connectivity index (χ0) is 11.4. The molecule has 0 saturated heterocycles. The van der Waals surface area contributed by atoms with E-state index in [1.807, 2.05) is 0 Å². The molecule has 0 aliphatic carbocycles. The van der Waals surface area contributed by atoms with Gasteiger partial charge in [0.1, 0.15) is 17.0 Å². The van der Waals surface area contributed by atoms with Crippen molar-refractivity contribution >= 4 is 17.5 Å². The molecule has 0 spiro atoms. The van der Waals surface area contributed by atoms with Crippen molar-refractivity contribution in [1.29, 1.82) is 0 Å². The minimum absolute atomic E-state index is 0.150. The number of halogens is 3. The molecular weight excluding hydrogens is 224 g/mol. The molecule has 82 valence electrons. The number of alkyl halides is 1. The van der Waals surface area contributed by atoms with Crippen LogP contribution in [0, 0.1) is 11.6 Å². The molecule has 1 atom stereocenters. The molecule has 0 aliphatic heterocycles. The molecular formula is C10H10ClF2NO. The molecule has 0 saturated carbocycles. The smallest absolute Gasteiger partial charge is 0.242 e. The van der Waals surface area contributed by atoms with Crippen LogP contribution in [-0.4, -0.2) is 12.5 Å². The molecule has 0 aromatic heterocycles. The molecule has 1 aromatic rings. The summed E-state index contributed by atoms with van der Waals surface area (Å²) in [4.78, 5) is 11.3. The second kappa shape index (κ2) is 5.07. The number of hydrogen-bond acceptors (Lipinski definition) is 1. The van der Waals surface area contributed by atoms with E-state index in [1.54, 1.807) is 6.92 Å². The predicted octanol–water partition coefficient (Wildman–Crippen LogP) is 2.38. The molecule has 5 heteroatoms. The first kappa shape index (κ1) is 11.9. The van der Waals surface area contributed by atoms with E-state index in [0.717, 1.165) is 18.2 Å². The normalized spacial score (nSPS) is 12.3. The summed E-state index contributed by atoms with van der Waals surface area (Å²) in [5, 5.41) is 1.22. The highest BCUT2D eigenvalue weighted by Crippen LogP contribution is 2.24. The monoisotopic (exact) mass is 233 g/mol. The molecule has 0 aliphatic rings. The standard InChI is InChI=1S/C10H10ClF2NO/c1-2-14-10(15)9(11)7-5-6(12)3-4-8(7)13/h3-5,9H,2H2,1H3,(H,14,15). The zero-order valence-electron chi connectivity index (χ0n) is 8.06. The van der Waals surface area contributed by atoms with Gasteiger partial charge in [-0.2, -0.15) is 0 Å². The lowest BCUT2D eigenvalue weighted by Gasteiger charge is -2.10. The number of nitrogens with one attached hydrogen (secondary N) is 1. The van der Waals surface area contributed by atoms with Gasteiger partial charge >= 0.3 is 0 Å². The Morgan fingerprint density at radius 2 is 2.20 bits per heavy atom. The molecule has 1 rings (SSSR count). The topological polar surface area (TPSA) is 29.1 Å². The minimum Gasteiger partial charge on any atom is -0.355 e. The molecule has 0 radical (unpaired) electrons. The maximum atomic E-state index is 13.2. The Labute approximate surface area is 91.2 Å². The van der Waals surface area contributed by atoms with Crippen LogP contribution < -0.4 is 5.32 Å². The highest BCUT2D eigenvalue weighted by Gasteiger charge is 2.20. The summed E-state index contributed by atoms with van der Waals surface area (Å²) in [7, 11) is 0. The number of benzene rings is 1. The lowest BCUT2D eigenvalue weighted by Crippen LogP contribution is -2.27. The van der Waals surface area contributed by atoms with Crippen LogP contribution in [0.3, 0.4) is 0 Å². The Hall–Kier alpha value is -1.16. The van der Waals surface area contributed by atoms with E-state index in [0.29, 0.717) is 6.54 Å². The Balaban J connectivity index is 2.94. The predicted molar refractivity (Wildman–Crippen MR) is 53.6 cm³/mol. The molecule has 0 heterocycles. The van der Waals surface area contributed by atoms with Crippen LogP contribution in [-0.2, 0) is 4.79 Å². The van der Waals surface area contributed by atoms with Gasteiger partial charge in [0.05, 0.1) is 0 Å². The fraction of sp³-hybridized carbons (Fsp3) is 0.300. The zero-order valence-corrected chi connectivity index (χ0v) is 8.81. The van der Waals surface area contributed by atoms with Gasteiger partial charge in [0.25, 0.3) is 0 Å². The van der Waals surface area contributed by atoms with E-state index in [4.69, 9.17) is 11.6 Å². The van der Waals surface area contributed by atoms with Crippen molar-refractivity contribution in [2.24, 2.45) is 0 Å². The fourth-order valence-electron chi connectivity index (χ4n) is 1.11. The Kier molecular flexibility index (Phi) is 4.03. The van der Waals surface area contributed by atoms with E-state index in [2.05, 4.69) is 5.32 Å². The van der Waals surface area contributed by atoms with E-state index in [1.165, 1.54) is 0 Å². The highest BCUT2D eigenvalue weighted by molar-refractivity contribution is 6.30. The number of carbonyl (C=O) groups excluding carboxylic acids is 1. The number of rotatable bonds is 3. The Morgan fingerprint density at radius 1 is 1.53 bits per heavy atom. The molecule has 15 heavy (non-hydrogen) atoms. The Bertz CT molecular complexity index is 370. The molecule has 1 unspecified atom stereocenters. The van der Waals surface area contributed by atoms with Gasteiger partial charge in [-0.05, 0) is 25.1 Å². The third-order valence-corrected chi connectivity index (χ3v) is 2.25. The summed E-state index contributed by atoms with van der Waals surface area (Å²) in [6.07, 6.45) is 0. The number of amides is 1. The first-order chi connectivity index (χ1) is 7.06. The van der Waals surface area contributed by atoms with Crippen LogP contribution in [0.5, 0.6) is 0 Å². The number of hydrogen-bond donors (Lipinski definition) is 1. The molecule has 1 amide bonds. The maximum Gasteiger partial charge on any atom is 0.242 e. The SMILES string of the molecule is CCNC(=O)C(Cl)c1cc(F)ccc1F. The second-order valence-corrected chi connectivity index (χ2v) is 3.36. The van der Waals surface area contributed by atoms with Crippen LogP contribution in [0.25, 0.3) is 0 Å². The van der Waals surface area contributed by atoms with Crippen molar-refractivity contribution in [3.8, 4) is 0 Å². The average Bonchev–Trinajstić information content (AvgIpc) is 2.21. The molecule has 0 fully saturated rings. The van der Waals surface area contributed by atoms with Crippen molar-refractivity contribution in [3.05, 3.63) is 35.4 Å². The van der Waals surface area contributed by atoms with Gasteiger partial charge in [-0.1, -0.05) is 0 Å². The van der Waals surface area contributed by atoms with Gasteiger partial charge in [-0.15, -0.1) is 11.6 Å². The van der Waals surface area contributed by atoms with Gasteiger partial charge in [-0.3, -0.25) is 4.79 Å². The fourth-order valence-corrected chi connectivity index (χ4v) is 1.36. The lowest BCUT2D eigenvalue weighted by atomic mass is 10.1. The van der Waals surface area contributed by atoms with Gasteiger partial charge in [-0.25, -0.2) is 8.78 Å². The van der Waals surface area contributed by atoms with Gasteiger partial charge in [0.15, 0.2) is 0 Å². The lowest BCUT2D eigenvalue weighted by molar-refractivity contribution is -0.120. The number of likely N-dealkylation sites (N-methyl/N-ethyl adjacent to an activating group) is 1. The molecule has 1 aromatic carbocycles. The quantitative estimate of drug-likeness (QED) is 0.798. The van der Waals surface area contributed by atoms with E-state index < -0.39 is 22.9 Å². The number of carbonyl (C=O) groups is 1.